The van der Waals surface area contributed by atoms with Gasteiger partial charge in [0.2, 0.25) is 6.54 Å². The van der Waals surface area contributed by atoms with E-state index < -0.39 is 8.07 Å². The summed E-state index contributed by atoms with van der Waals surface area (Å²) in [6.07, 6.45) is 3.91. The first kappa shape index (κ1) is 18.1. The number of fused-ring (bicyclic) bond motifs is 1. The molecule has 0 aromatic heterocycles. The van der Waals surface area contributed by atoms with Gasteiger partial charge in [0.25, 0.3) is 0 Å². The molecule has 1 atom stereocenters. The predicted molar refractivity (Wildman–Crippen MR) is 101 cm³/mol. The molecule has 0 heterocycles. The van der Waals surface area contributed by atoms with E-state index in [-0.39, 0.29) is 22.8 Å². The fraction of sp³-hybridized carbons (Fsp3) is 0.316. The van der Waals surface area contributed by atoms with Crippen molar-refractivity contribution in [3.63, 3.8) is 0 Å². The Morgan fingerprint density at radius 3 is 2.50 bits per heavy atom. The van der Waals surface area contributed by atoms with Crippen LogP contribution in [-0.2, 0) is 4.79 Å². The molecule has 0 aliphatic carbocycles. The Hall–Kier alpha value is -2.27. The zero-order valence-electron chi connectivity index (χ0n) is 14.4. The maximum absolute atomic E-state index is 12.1. The van der Waals surface area contributed by atoms with Crippen molar-refractivity contribution in [3.05, 3.63) is 70.3 Å². The fourth-order valence-electron chi connectivity index (χ4n) is 2.68. The third-order valence-corrected chi connectivity index (χ3v) is 5.71. The van der Waals surface area contributed by atoms with Crippen LogP contribution in [-0.4, -0.2) is 24.9 Å². The first-order chi connectivity index (χ1) is 11.3. The number of nitro groups is 1. The van der Waals surface area contributed by atoms with E-state index in [1.807, 2.05) is 62.1 Å². The smallest absolute Gasteiger partial charge is 0.210 e. The highest BCUT2D eigenvalue weighted by molar-refractivity contribution is 7.04. The number of carbonyl (C=O) groups excluding carboxylic acids is 1. The molecule has 24 heavy (non-hydrogen) atoms. The van der Waals surface area contributed by atoms with Crippen molar-refractivity contribution >= 4 is 24.3 Å². The summed E-state index contributed by atoms with van der Waals surface area (Å²) in [5, 5.41) is 13.4. The summed E-state index contributed by atoms with van der Waals surface area (Å²) in [6.45, 7) is 5.86. The average Bonchev–Trinajstić information content (AvgIpc) is 2.52. The van der Waals surface area contributed by atoms with Gasteiger partial charge in [-0.25, -0.2) is 0 Å². The Labute approximate surface area is 143 Å². The molecule has 5 heteroatoms. The van der Waals surface area contributed by atoms with E-state index in [4.69, 9.17) is 0 Å². The summed E-state index contributed by atoms with van der Waals surface area (Å²) in [7, 11) is -1.85. The Kier molecular flexibility index (Phi) is 5.67. The van der Waals surface area contributed by atoms with Crippen molar-refractivity contribution in [2.24, 2.45) is 0 Å². The van der Waals surface area contributed by atoms with Gasteiger partial charge in [0.1, 0.15) is 13.5 Å². The maximum atomic E-state index is 12.1. The van der Waals surface area contributed by atoms with Crippen molar-refractivity contribution in [1.29, 1.82) is 0 Å². The maximum Gasteiger partial charge on any atom is 0.210 e. The van der Waals surface area contributed by atoms with Gasteiger partial charge in [0.15, 0.2) is 0 Å². The second kappa shape index (κ2) is 7.53. The first-order valence-electron chi connectivity index (χ1n) is 8.09. The number of benzene rings is 2. The van der Waals surface area contributed by atoms with Gasteiger partial charge in [-0.3, -0.25) is 10.1 Å². The van der Waals surface area contributed by atoms with Crippen molar-refractivity contribution in [1.82, 2.24) is 0 Å². The molecule has 2 rings (SSSR count). The molecular weight excluding hydrogens is 318 g/mol. The summed E-state index contributed by atoms with van der Waals surface area (Å²) >= 11 is 0. The normalized spacial score (nSPS) is 13.3. The number of carbonyl (C=O) groups is 1. The quantitative estimate of drug-likeness (QED) is 0.320. The van der Waals surface area contributed by atoms with Crippen LogP contribution in [0.25, 0.3) is 10.8 Å². The van der Waals surface area contributed by atoms with Gasteiger partial charge >= 0.3 is 0 Å². The third-order valence-electron chi connectivity index (χ3n) is 4.06. The molecule has 4 nitrogen and oxygen atoms in total. The number of hydrogen-bond donors (Lipinski definition) is 0. The van der Waals surface area contributed by atoms with Gasteiger partial charge in [-0.2, -0.15) is 0 Å². The zero-order valence-corrected chi connectivity index (χ0v) is 15.4. The second-order valence-corrected chi connectivity index (χ2v) is 12.0. The lowest BCUT2D eigenvalue weighted by molar-refractivity contribution is -0.483. The van der Waals surface area contributed by atoms with Crippen molar-refractivity contribution < 1.29 is 9.72 Å². The Balaban J connectivity index is 2.30. The van der Waals surface area contributed by atoms with Crippen LogP contribution in [0.3, 0.4) is 0 Å². The molecule has 0 amide bonds. The Morgan fingerprint density at radius 1 is 1.17 bits per heavy atom. The van der Waals surface area contributed by atoms with Gasteiger partial charge < -0.3 is 4.79 Å². The van der Waals surface area contributed by atoms with Crippen molar-refractivity contribution in [2.45, 2.75) is 32.0 Å². The lowest BCUT2D eigenvalue weighted by Gasteiger charge is -2.15. The minimum absolute atomic E-state index is 0.139. The largest absolute Gasteiger partial charge is 0.301 e. The standard InChI is InChI=1S/C19H23NO3Si/c1-24(2,3)19(21)13-7-10-16(14-20(22)23)18-12-6-9-15-8-4-5-11-17(15)18/h4-9,11-13,16H,10,14H2,1-3H3/b13-7+. The summed E-state index contributed by atoms with van der Waals surface area (Å²) in [6, 6.07) is 13.8. The van der Waals surface area contributed by atoms with E-state index in [0.717, 1.165) is 16.3 Å². The monoisotopic (exact) mass is 341 g/mol. The fourth-order valence-corrected chi connectivity index (χ4v) is 3.29. The van der Waals surface area contributed by atoms with Gasteiger partial charge in [-0.15, -0.1) is 0 Å². The van der Waals surface area contributed by atoms with E-state index in [0.29, 0.717) is 6.42 Å². The van der Waals surface area contributed by atoms with Crippen LogP contribution >= 0.6 is 0 Å². The van der Waals surface area contributed by atoms with E-state index >= 15 is 0 Å². The molecule has 0 N–H and O–H groups in total. The number of rotatable bonds is 7. The minimum Gasteiger partial charge on any atom is -0.301 e. The predicted octanol–water partition coefficient (Wildman–Crippen LogP) is 4.59. The zero-order chi connectivity index (χ0) is 17.7. The molecule has 0 spiro atoms. The second-order valence-electron chi connectivity index (χ2n) is 7.03. The van der Waals surface area contributed by atoms with Crippen molar-refractivity contribution in [2.75, 3.05) is 6.54 Å². The average molecular weight is 341 g/mol. The molecular formula is C19H23NO3Si. The SMILES string of the molecule is C[Si](C)(C)C(=O)/C=C/CC(C[N+](=O)[O-])c1cccc2ccccc12. The van der Waals surface area contributed by atoms with E-state index in [1.165, 1.54) is 0 Å². The van der Waals surface area contributed by atoms with Crippen LogP contribution in [0.15, 0.2) is 54.6 Å². The van der Waals surface area contributed by atoms with Crippen LogP contribution in [0.4, 0.5) is 0 Å². The van der Waals surface area contributed by atoms with Crippen LogP contribution < -0.4 is 0 Å². The summed E-state index contributed by atoms with van der Waals surface area (Å²) in [5.74, 6) is -0.239. The summed E-state index contributed by atoms with van der Waals surface area (Å²) in [4.78, 5) is 22.9. The van der Waals surface area contributed by atoms with Gasteiger partial charge in [0, 0.05) is 4.92 Å². The molecule has 2 aromatic carbocycles. The molecule has 126 valence electrons. The molecule has 0 radical (unpaired) electrons. The van der Waals surface area contributed by atoms with Crippen LogP contribution in [0.2, 0.25) is 19.6 Å². The van der Waals surface area contributed by atoms with Crippen LogP contribution in [0.5, 0.6) is 0 Å². The van der Waals surface area contributed by atoms with Gasteiger partial charge in [-0.1, -0.05) is 68.2 Å². The Morgan fingerprint density at radius 2 is 1.83 bits per heavy atom. The van der Waals surface area contributed by atoms with Crippen LogP contribution in [0.1, 0.15) is 17.9 Å². The molecule has 0 bridgehead atoms. The van der Waals surface area contributed by atoms with E-state index in [2.05, 4.69) is 0 Å². The van der Waals surface area contributed by atoms with Gasteiger partial charge in [-0.05, 0) is 28.8 Å². The summed E-state index contributed by atoms with van der Waals surface area (Å²) in [5.41, 5.74) is 0.968. The van der Waals surface area contributed by atoms with Crippen LogP contribution in [0, 0.1) is 10.1 Å². The number of allylic oxidation sites excluding steroid dienone is 2. The highest BCUT2D eigenvalue weighted by Gasteiger charge is 2.22. The molecule has 1 unspecified atom stereocenters. The third kappa shape index (κ3) is 4.61. The lowest BCUT2D eigenvalue weighted by Crippen LogP contribution is -2.31. The van der Waals surface area contributed by atoms with Crippen molar-refractivity contribution in [3.8, 4) is 0 Å². The highest BCUT2D eigenvalue weighted by Crippen LogP contribution is 2.28. The minimum atomic E-state index is -1.85. The number of nitrogens with zero attached hydrogens (tertiary/aromatic N) is 1. The van der Waals surface area contributed by atoms with E-state index in [9.17, 15) is 14.9 Å². The first-order valence-corrected chi connectivity index (χ1v) is 11.6. The molecule has 2 aromatic rings. The molecule has 0 saturated heterocycles. The number of hydrogen-bond acceptors (Lipinski definition) is 3. The van der Waals surface area contributed by atoms with E-state index in [1.54, 1.807) is 12.2 Å². The molecule has 0 aliphatic rings. The highest BCUT2D eigenvalue weighted by atomic mass is 28.3. The molecule has 0 saturated carbocycles. The molecule has 0 fully saturated rings. The topological polar surface area (TPSA) is 60.2 Å². The lowest BCUT2D eigenvalue weighted by atomic mass is 9.91. The van der Waals surface area contributed by atoms with Gasteiger partial charge in [0.05, 0.1) is 5.92 Å². The molecule has 0 aliphatic heterocycles. The summed E-state index contributed by atoms with van der Waals surface area (Å²) < 4.78 is 0. The Bertz CT molecular complexity index is 772.